The van der Waals surface area contributed by atoms with E-state index in [4.69, 9.17) is 11.6 Å². The Kier molecular flexibility index (Phi) is 4.32. The molecule has 0 spiro atoms. The van der Waals surface area contributed by atoms with E-state index in [2.05, 4.69) is 9.97 Å². The first kappa shape index (κ1) is 14.8. The maximum absolute atomic E-state index is 12.6. The predicted molar refractivity (Wildman–Crippen MR) is 73.3 cm³/mol. The summed E-state index contributed by atoms with van der Waals surface area (Å²) in [6.45, 7) is 0.620. The zero-order valence-corrected chi connectivity index (χ0v) is 11.5. The van der Waals surface area contributed by atoms with E-state index >= 15 is 0 Å². The quantitative estimate of drug-likeness (QED) is 0.809. The fourth-order valence-corrected chi connectivity index (χ4v) is 2.16. The minimum absolute atomic E-state index is 0.0644. The van der Waals surface area contributed by atoms with Gasteiger partial charge in [0.15, 0.2) is 5.82 Å². The van der Waals surface area contributed by atoms with E-state index in [1.165, 1.54) is 0 Å². The molecular formula is C13H13ClF3N3. The summed E-state index contributed by atoms with van der Waals surface area (Å²) in [5, 5.41) is 0. The van der Waals surface area contributed by atoms with Crippen LogP contribution in [0.2, 0.25) is 0 Å². The van der Waals surface area contributed by atoms with Crippen LogP contribution >= 0.6 is 11.6 Å². The number of hydrogen-bond acceptors (Lipinski definition) is 3. The monoisotopic (exact) mass is 303 g/mol. The Morgan fingerprint density at radius 3 is 2.30 bits per heavy atom. The number of aryl methyl sites for hydroxylation is 1. The third-order valence-electron chi connectivity index (χ3n) is 2.74. The van der Waals surface area contributed by atoms with Crippen LogP contribution < -0.4 is 4.90 Å². The van der Waals surface area contributed by atoms with Gasteiger partial charge in [-0.15, -0.1) is 11.6 Å². The molecule has 1 heterocycles. The molecule has 0 unspecified atom stereocenters. The number of alkyl halides is 4. The second kappa shape index (κ2) is 5.83. The number of fused-ring (bicyclic) bond motifs is 1. The highest BCUT2D eigenvalue weighted by Gasteiger charge is 2.32. The van der Waals surface area contributed by atoms with Crippen LogP contribution in [0.25, 0.3) is 11.0 Å². The maximum Gasteiger partial charge on any atom is 0.405 e. The van der Waals surface area contributed by atoms with Gasteiger partial charge in [0.25, 0.3) is 0 Å². The normalized spacial score (nSPS) is 11.8. The second-order valence-electron chi connectivity index (χ2n) is 4.35. The summed E-state index contributed by atoms with van der Waals surface area (Å²) in [5.41, 5.74) is 1.68. The number of nitrogens with zero attached hydrogens (tertiary/aromatic N) is 3. The third-order valence-corrected chi connectivity index (χ3v) is 2.91. The van der Waals surface area contributed by atoms with Gasteiger partial charge in [0, 0.05) is 12.4 Å². The molecule has 3 nitrogen and oxygen atoms in total. The second-order valence-corrected chi connectivity index (χ2v) is 4.73. The molecule has 7 heteroatoms. The fraction of sp³-hybridized carbons (Fsp3) is 0.385. The topological polar surface area (TPSA) is 29.0 Å². The summed E-state index contributed by atoms with van der Waals surface area (Å²) in [6.07, 6.45) is -4.31. The molecule has 0 aliphatic carbocycles. The van der Waals surface area contributed by atoms with Gasteiger partial charge in [0.2, 0.25) is 0 Å². The molecule has 1 aromatic heterocycles. The van der Waals surface area contributed by atoms with Crippen molar-refractivity contribution in [1.29, 1.82) is 0 Å². The molecule has 0 atom stereocenters. The van der Waals surface area contributed by atoms with Gasteiger partial charge in [0.1, 0.15) is 6.54 Å². The first-order valence-electron chi connectivity index (χ1n) is 6.02. The van der Waals surface area contributed by atoms with E-state index in [1.807, 2.05) is 6.07 Å². The van der Waals surface area contributed by atoms with Crippen LogP contribution in [-0.4, -0.2) is 35.1 Å². The Morgan fingerprint density at radius 2 is 1.75 bits per heavy atom. The van der Waals surface area contributed by atoms with Gasteiger partial charge in [-0.3, -0.25) is 0 Å². The first-order chi connectivity index (χ1) is 9.40. The van der Waals surface area contributed by atoms with Crippen molar-refractivity contribution in [3.8, 4) is 0 Å². The van der Waals surface area contributed by atoms with E-state index < -0.39 is 12.7 Å². The van der Waals surface area contributed by atoms with E-state index in [0.717, 1.165) is 4.90 Å². The summed E-state index contributed by atoms with van der Waals surface area (Å²) >= 11 is 5.59. The zero-order valence-electron chi connectivity index (χ0n) is 10.8. The van der Waals surface area contributed by atoms with Crippen molar-refractivity contribution in [2.75, 3.05) is 23.9 Å². The molecule has 0 saturated heterocycles. The highest BCUT2D eigenvalue weighted by molar-refractivity contribution is 6.18. The lowest BCUT2D eigenvalue weighted by atomic mass is 10.3. The molecule has 2 rings (SSSR count). The Hall–Kier alpha value is -1.56. The van der Waals surface area contributed by atoms with Gasteiger partial charge >= 0.3 is 6.18 Å². The van der Waals surface area contributed by atoms with Gasteiger partial charge in [-0.25, -0.2) is 9.97 Å². The molecule has 2 aromatic rings. The van der Waals surface area contributed by atoms with Crippen molar-refractivity contribution >= 4 is 28.5 Å². The van der Waals surface area contributed by atoms with Crippen LogP contribution in [0.3, 0.4) is 0 Å². The van der Waals surface area contributed by atoms with Crippen molar-refractivity contribution < 1.29 is 13.2 Å². The van der Waals surface area contributed by atoms with Crippen molar-refractivity contribution in [3.63, 3.8) is 0 Å². The standard InChI is InChI=1S/C13H13ClF3N3/c1-9-12(20(7-6-14)8-13(15,16)17)19-11-5-3-2-4-10(11)18-9/h2-5H,6-8H2,1H3. The van der Waals surface area contributed by atoms with Gasteiger partial charge in [-0.05, 0) is 19.1 Å². The third kappa shape index (κ3) is 3.50. The lowest BCUT2D eigenvalue weighted by Gasteiger charge is -2.25. The molecule has 0 fully saturated rings. The zero-order chi connectivity index (χ0) is 14.8. The summed E-state index contributed by atoms with van der Waals surface area (Å²) in [5.74, 6) is 0.311. The van der Waals surface area contributed by atoms with Gasteiger partial charge in [-0.2, -0.15) is 13.2 Å². The molecule has 20 heavy (non-hydrogen) atoms. The van der Waals surface area contributed by atoms with Crippen molar-refractivity contribution in [2.45, 2.75) is 13.1 Å². The highest BCUT2D eigenvalue weighted by atomic mass is 35.5. The lowest BCUT2D eigenvalue weighted by Crippen LogP contribution is -2.36. The van der Waals surface area contributed by atoms with Crippen LogP contribution in [0.5, 0.6) is 0 Å². The molecule has 0 N–H and O–H groups in total. The van der Waals surface area contributed by atoms with Crippen molar-refractivity contribution in [3.05, 3.63) is 30.0 Å². The minimum Gasteiger partial charge on any atom is -0.345 e. The minimum atomic E-state index is -4.31. The average molecular weight is 304 g/mol. The summed E-state index contributed by atoms with van der Waals surface area (Å²) < 4.78 is 37.9. The van der Waals surface area contributed by atoms with Crippen LogP contribution in [0.4, 0.5) is 19.0 Å². The predicted octanol–water partition coefficient (Wildman–Crippen LogP) is 3.55. The van der Waals surface area contributed by atoms with Crippen molar-refractivity contribution in [1.82, 2.24) is 9.97 Å². The molecule has 0 radical (unpaired) electrons. The van der Waals surface area contributed by atoms with E-state index in [1.54, 1.807) is 25.1 Å². The molecule has 0 aliphatic heterocycles. The van der Waals surface area contributed by atoms with Gasteiger partial charge in [0.05, 0.1) is 16.7 Å². The molecule has 0 amide bonds. The summed E-state index contributed by atoms with van der Waals surface area (Å²) in [7, 11) is 0. The van der Waals surface area contributed by atoms with Crippen LogP contribution in [-0.2, 0) is 0 Å². The Balaban J connectivity index is 2.44. The Morgan fingerprint density at radius 1 is 1.15 bits per heavy atom. The molecule has 108 valence electrons. The van der Waals surface area contributed by atoms with Crippen LogP contribution in [0, 0.1) is 6.92 Å². The SMILES string of the molecule is Cc1nc2ccccc2nc1N(CCCl)CC(F)(F)F. The largest absolute Gasteiger partial charge is 0.405 e. The highest BCUT2D eigenvalue weighted by Crippen LogP contribution is 2.24. The summed E-state index contributed by atoms with van der Waals surface area (Å²) in [6, 6.07) is 7.07. The molecular weight excluding hydrogens is 291 g/mol. The number of para-hydroxylation sites is 2. The number of rotatable bonds is 4. The Bertz CT molecular complexity index is 601. The number of aromatic nitrogens is 2. The first-order valence-corrected chi connectivity index (χ1v) is 6.55. The van der Waals surface area contributed by atoms with Crippen LogP contribution in [0.1, 0.15) is 5.69 Å². The smallest absolute Gasteiger partial charge is 0.345 e. The van der Waals surface area contributed by atoms with Gasteiger partial charge in [-0.1, -0.05) is 12.1 Å². The lowest BCUT2D eigenvalue weighted by molar-refractivity contribution is -0.119. The van der Waals surface area contributed by atoms with E-state index in [9.17, 15) is 13.2 Å². The Labute approximate surface area is 119 Å². The van der Waals surface area contributed by atoms with Crippen LogP contribution in [0.15, 0.2) is 24.3 Å². The number of benzene rings is 1. The molecule has 0 bridgehead atoms. The van der Waals surface area contributed by atoms with Crippen molar-refractivity contribution in [2.24, 2.45) is 0 Å². The van der Waals surface area contributed by atoms with Gasteiger partial charge < -0.3 is 4.90 Å². The number of hydrogen-bond donors (Lipinski definition) is 0. The number of anilines is 1. The molecule has 0 aliphatic rings. The van der Waals surface area contributed by atoms with E-state index in [-0.39, 0.29) is 18.2 Å². The van der Waals surface area contributed by atoms with E-state index in [0.29, 0.717) is 16.7 Å². The summed E-state index contributed by atoms with van der Waals surface area (Å²) in [4.78, 5) is 9.69. The number of halogens is 4. The average Bonchev–Trinajstić information content (AvgIpc) is 2.36. The fourth-order valence-electron chi connectivity index (χ4n) is 1.96. The molecule has 1 aromatic carbocycles. The molecule has 0 saturated carbocycles. The maximum atomic E-state index is 12.6.